The van der Waals surface area contributed by atoms with E-state index >= 15 is 0 Å². The Bertz CT molecular complexity index is 3440. The molecule has 64 heavy (non-hydrogen) atoms. The lowest BCUT2D eigenvalue weighted by atomic mass is 9.82. The largest absolute Gasteiger partial charge is 0.454 e. The van der Waals surface area contributed by atoms with Crippen molar-refractivity contribution in [3.05, 3.63) is 216 Å². The first-order valence-corrected chi connectivity index (χ1v) is 22.3. The average molecular weight is 825 g/mol. The molecule has 0 amide bonds. The third kappa shape index (κ3) is 5.05. The van der Waals surface area contributed by atoms with E-state index in [9.17, 15) is 0 Å². The maximum absolute atomic E-state index is 7.32. The van der Waals surface area contributed by atoms with E-state index in [4.69, 9.17) is 8.83 Å². The second-order valence-corrected chi connectivity index (χ2v) is 18.4. The van der Waals surface area contributed by atoms with Gasteiger partial charge in [-0.05, 0) is 105 Å². The van der Waals surface area contributed by atoms with Gasteiger partial charge in [0.05, 0.1) is 10.8 Å². The first kappa shape index (κ1) is 36.8. The molecule has 2 heterocycles. The summed E-state index contributed by atoms with van der Waals surface area (Å²) >= 11 is 0. The number of rotatable bonds is 6. The van der Waals surface area contributed by atoms with E-state index in [-0.39, 0.29) is 10.8 Å². The standard InChI is InChI=1S/C60H44N2O2/c1-59(2)47-27-15-11-23-41(47)43-33-31-39(35-49(43)59)61(37-19-7-5-8-20-37)55-53-45-25-13-17-29-51(45)64-58(53)56(54-46-26-14-18-30-52(46)63-57(54)55)62(38-21-9-6-10-22-38)40-32-34-44-42-24-12-16-28-48(42)60(3,4)50(44)36-40/h5-36H,1-4H3. The van der Waals surface area contributed by atoms with Crippen LogP contribution in [0.2, 0.25) is 0 Å². The SMILES string of the molecule is CC1(C)c2ccccc2-c2ccc(N(c3ccccc3)c3c4oc5ccccc5c4c(N(c4ccccc4)c4ccc5c(c4)C(C)(C)c4ccccc4-5)c4oc5ccccc5c34)cc21. The van der Waals surface area contributed by atoms with Gasteiger partial charge < -0.3 is 18.6 Å². The third-order valence-corrected chi connectivity index (χ3v) is 14.2. The second-order valence-electron chi connectivity index (χ2n) is 18.4. The zero-order chi connectivity index (χ0) is 42.9. The van der Waals surface area contributed by atoms with Crippen LogP contribution in [-0.2, 0) is 10.8 Å². The van der Waals surface area contributed by atoms with Crippen LogP contribution in [0.1, 0.15) is 49.9 Å². The minimum Gasteiger partial charge on any atom is -0.454 e. The molecule has 0 spiro atoms. The van der Waals surface area contributed by atoms with Gasteiger partial charge in [0.15, 0.2) is 11.2 Å². The van der Waals surface area contributed by atoms with Gasteiger partial charge in [0.2, 0.25) is 0 Å². The Labute approximate surface area is 372 Å². The van der Waals surface area contributed by atoms with E-state index in [0.717, 1.165) is 78.0 Å². The molecule has 2 aliphatic rings. The Balaban J connectivity index is 1.16. The Morgan fingerprint density at radius 1 is 0.328 bits per heavy atom. The van der Waals surface area contributed by atoms with Crippen molar-refractivity contribution < 1.29 is 8.83 Å². The lowest BCUT2D eigenvalue weighted by molar-refractivity contribution is 0.659. The highest BCUT2D eigenvalue weighted by atomic mass is 16.3. The molecule has 306 valence electrons. The highest BCUT2D eigenvalue weighted by Crippen LogP contribution is 2.58. The van der Waals surface area contributed by atoms with Crippen molar-refractivity contribution in [2.75, 3.05) is 9.80 Å². The van der Waals surface area contributed by atoms with Gasteiger partial charge in [0.1, 0.15) is 22.5 Å². The molecule has 0 atom stereocenters. The van der Waals surface area contributed by atoms with Gasteiger partial charge in [-0.2, -0.15) is 0 Å². The molecule has 13 rings (SSSR count). The number of fused-ring (bicyclic) bond motifs is 12. The van der Waals surface area contributed by atoms with Crippen molar-refractivity contribution in [2.24, 2.45) is 0 Å². The molecule has 0 fully saturated rings. The first-order valence-electron chi connectivity index (χ1n) is 22.3. The van der Waals surface area contributed by atoms with E-state index in [1.165, 1.54) is 44.5 Å². The fourth-order valence-electron chi connectivity index (χ4n) is 11.2. The number of benzene rings is 9. The van der Waals surface area contributed by atoms with Gasteiger partial charge >= 0.3 is 0 Å². The minimum absolute atomic E-state index is 0.192. The van der Waals surface area contributed by atoms with Crippen molar-refractivity contribution in [3.63, 3.8) is 0 Å². The zero-order valence-electron chi connectivity index (χ0n) is 36.2. The predicted octanol–water partition coefficient (Wildman–Crippen LogP) is 17.0. The topological polar surface area (TPSA) is 32.8 Å². The molecule has 0 saturated heterocycles. The van der Waals surface area contributed by atoms with Crippen molar-refractivity contribution in [1.82, 2.24) is 0 Å². The van der Waals surface area contributed by atoms with Gasteiger partial charge in [0, 0.05) is 44.4 Å². The molecule has 2 aliphatic carbocycles. The van der Waals surface area contributed by atoms with E-state index in [1.807, 2.05) is 0 Å². The highest BCUT2D eigenvalue weighted by Gasteiger charge is 2.39. The molecular formula is C60H44N2O2. The second kappa shape index (κ2) is 13.3. The van der Waals surface area contributed by atoms with Crippen LogP contribution in [0.25, 0.3) is 66.1 Å². The summed E-state index contributed by atoms with van der Waals surface area (Å²) in [5, 5.41) is 4.01. The fraction of sp³-hybridized carbons (Fsp3) is 0.100. The molecule has 0 radical (unpaired) electrons. The summed E-state index contributed by atoms with van der Waals surface area (Å²) in [4.78, 5) is 4.81. The van der Waals surface area contributed by atoms with Crippen LogP contribution in [0.15, 0.2) is 203 Å². The first-order chi connectivity index (χ1) is 31.3. The number of anilines is 6. The molecule has 0 bridgehead atoms. The van der Waals surface area contributed by atoms with Crippen molar-refractivity contribution in [2.45, 2.75) is 38.5 Å². The summed E-state index contributed by atoms with van der Waals surface area (Å²) in [6.45, 7) is 9.39. The zero-order valence-corrected chi connectivity index (χ0v) is 36.2. The quantitative estimate of drug-likeness (QED) is 0.156. The Morgan fingerprint density at radius 2 is 0.688 bits per heavy atom. The Kier molecular flexibility index (Phi) is 7.67. The summed E-state index contributed by atoms with van der Waals surface area (Å²) in [7, 11) is 0. The lowest BCUT2D eigenvalue weighted by Gasteiger charge is -2.31. The van der Waals surface area contributed by atoms with Crippen LogP contribution >= 0.6 is 0 Å². The van der Waals surface area contributed by atoms with E-state index in [2.05, 4.69) is 232 Å². The Hall–Kier alpha value is -7.82. The minimum atomic E-state index is -0.192. The Morgan fingerprint density at radius 3 is 1.12 bits per heavy atom. The molecule has 4 heteroatoms. The van der Waals surface area contributed by atoms with Crippen LogP contribution in [0, 0.1) is 0 Å². The van der Waals surface area contributed by atoms with Crippen LogP contribution in [0.5, 0.6) is 0 Å². The average Bonchev–Trinajstić information content (AvgIpc) is 4.04. The maximum Gasteiger partial charge on any atom is 0.162 e. The van der Waals surface area contributed by atoms with E-state index in [0.29, 0.717) is 0 Å². The van der Waals surface area contributed by atoms with Crippen molar-refractivity contribution in [3.8, 4) is 22.3 Å². The number of furan rings is 2. The van der Waals surface area contributed by atoms with E-state index < -0.39 is 0 Å². The summed E-state index contributed by atoms with van der Waals surface area (Å²) in [5.41, 5.74) is 19.3. The van der Waals surface area contributed by atoms with Crippen LogP contribution in [0.3, 0.4) is 0 Å². The summed E-state index contributed by atoms with van der Waals surface area (Å²) < 4.78 is 14.6. The third-order valence-electron chi connectivity index (χ3n) is 14.2. The molecule has 0 aliphatic heterocycles. The lowest BCUT2D eigenvalue weighted by Crippen LogP contribution is -2.17. The fourth-order valence-corrected chi connectivity index (χ4v) is 11.2. The number of nitrogens with zero attached hydrogens (tertiary/aromatic N) is 2. The van der Waals surface area contributed by atoms with E-state index in [1.54, 1.807) is 0 Å². The molecular weight excluding hydrogens is 781 g/mol. The predicted molar refractivity (Wildman–Crippen MR) is 265 cm³/mol. The van der Waals surface area contributed by atoms with Crippen LogP contribution in [-0.4, -0.2) is 0 Å². The highest BCUT2D eigenvalue weighted by molar-refractivity contribution is 6.31. The molecule has 2 aromatic heterocycles. The molecule has 0 saturated carbocycles. The summed E-state index contributed by atoms with van der Waals surface area (Å²) in [6, 6.07) is 70.0. The normalized spacial score (nSPS) is 14.2. The summed E-state index contributed by atoms with van der Waals surface area (Å²) in [5.74, 6) is 0. The molecule has 9 aromatic carbocycles. The van der Waals surface area contributed by atoms with Crippen molar-refractivity contribution in [1.29, 1.82) is 0 Å². The van der Waals surface area contributed by atoms with Crippen LogP contribution in [0.4, 0.5) is 34.1 Å². The molecule has 0 unspecified atom stereocenters. The molecule has 0 N–H and O–H groups in total. The van der Waals surface area contributed by atoms with Gasteiger partial charge in [-0.3, -0.25) is 0 Å². The van der Waals surface area contributed by atoms with Crippen LogP contribution < -0.4 is 9.80 Å². The number of hydrogen-bond acceptors (Lipinski definition) is 4. The number of hydrogen-bond donors (Lipinski definition) is 0. The summed E-state index contributed by atoms with van der Waals surface area (Å²) in [6.07, 6.45) is 0. The van der Waals surface area contributed by atoms with Gasteiger partial charge in [-0.15, -0.1) is 0 Å². The van der Waals surface area contributed by atoms with Gasteiger partial charge in [-0.25, -0.2) is 0 Å². The molecule has 4 nitrogen and oxygen atoms in total. The molecule has 11 aromatic rings. The smallest absolute Gasteiger partial charge is 0.162 e. The van der Waals surface area contributed by atoms with Gasteiger partial charge in [0.25, 0.3) is 0 Å². The van der Waals surface area contributed by atoms with Gasteiger partial charge in [-0.1, -0.05) is 161 Å². The van der Waals surface area contributed by atoms with Crippen molar-refractivity contribution >= 4 is 78.0 Å². The number of para-hydroxylation sites is 4. The monoisotopic (exact) mass is 824 g/mol. The maximum atomic E-state index is 7.32.